The molecule has 0 aromatic carbocycles. The van der Waals surface area contributed by atoms with Crippen molar-refractivity contribution in [2.24, 2.45) is 0 Å². The molecule has 0 rings (SSSR count). The van der Waals surface area contributed by atoms with E-state index in [2.05, 4.69) is 39.8 Å². The summed E-state index contributed by atoms with van der Waals surface area (Å²) in [6.45, 7) is 6.95. The van der Waals surface area contributed by atoms with Gasteiger partial charge in [-0.1, -0.05) is 51.9 Å². The van der Waals surface area contributed by atoms with Crippen LogP contribution in [-0.4, -0.2) is 24.5 Å². The van der Waals surface area contributed by atoms with Crippen LogP contribution in [0.5, 0.6) is 0 Å². The van der Waals surface area contributed by atoms with E-state index in [0.717, 1.165) is 0 Å². The van der Waals surface area contributed by atoms with Crippen molar-refractivity contribution in [2.45, 2.75) is 77.7 Å². The van der Waals surface area contributed by atoms with Gasteiger partial charge in [0.25, 0.3) is 0 Å². The monoisotopic (exact) mass is 213 g/mol. The molecule has 0 saturated carbocycles. The Morgan fingerprint density at radius 1 is 0.800 bits per heavy atom. The third-order valence-corrected chi connectivity index (χ3v) is 3.60. The van der Waals surface area contributed by atoms with Gasteiger partial charge >= 0.3 is 0 Å². The van der Waals surface area contributed by atoms with E-state index in [-0.39, 0.29) is 0 Å². The molecule has 92 valence electrons. The molecule has 0 fully saturated rings. The predicted octanol–water partition coefficient (Wildman–Crippen LogP) is 4.47. The minimum absolute atomic E-state index is 0.378. The van der Waals surface area contributed by atoms with E-state index in [9.17, 15) is 0 Å². The summed E-state index contributed by atoms with van der Waals surface area (Å²) in [5.41, 5.74) is 0.378. The van der Waals surface area contributed by atoms with Crippen LogP contribution < -0.4 is 0 Å². The van der Waals surface area contributed by atoms with Crippen LogP contribution in [0.4, 0.5) is 0 Å². The third-order valence-electron chi connectivity index (χ3n) is 3.60. The summed E-state index contributed by atoms with van der Waals surface area (Å²) >= 11 is 0. The van der Waals surface area contributed by atoms with Gasteiger partial charge < -0.3 is 4.90 Å². The molecule has 0 aromatic rings. The van der Waals surface area contributed by atoms with Gasteiger partial charge in [0.05, 0.1) is 0 Å². The maximum Gasteiger partial charge on any atom is 0.0147 e. The van der Waals surface area contributed by atoms with Gasteiger partial charge in [-0.05, 0) is 34.4 Å². The van der Waals surface area contributed by atoms with Crippen molar-refractivity contribution in [1.82, 2.24) is 4.90 Å². The Bertz CT molecular complexity index is 138. The van der Waals surface area contributed by atoms with Gasteiger partial charge in [0.2, 0.25) is 0 Å². The zero-order valence-corrected chi connectivity index (χ0v) is 11.6. The molecule has 0 radical (unpaired) electrons. The maximum absolute atomic E-state index is 2.34. The Kier molecular flexibility index (Phi) is 8.13. The van der Waals surface area contributed by atoms with Gasteiger partial charge in [-0.3, -0.25) is 0 Å². The van der Waals surface area contributed by atoms with E-state index in [0.29, 0.717) is 5.54 Å². The molecule has 15 heavy (non-hydrogen) atoms. The van der Waals surface area contributed by atoms with Gasteiger partial charge in [0, 0.05) is 5.54 Å². The average molecular weight is 213 g/mol. The molecule has 1 heteroatoms. The van der Waals surface area contributed by atoms with Crippen LogP contribution in [-0.2, 0) is 0 Å². The molecule has 1 nitrogen and oxygen atoms in total. The van der Waals surface area contributed by atoms with Crippen LogP contribution in [0.1, 0.15) is 72.1 Å². The lowest BCUT2D eigenvalue weighted by Gasteiger charge is -2.32. The topological polar surface area (TPSA) is 3.24 Å². The summed E-state index contributed by atoms with van der Waals surface area (Å²) in [6.07, 6.45) is 11.2. The molecule has 0 aromatic heterocycles. The zero-order chi connectivity index (χ0) is 11.7. The van der Waals surface area contributed by atoms with E-state index < -0.39 is 0 Å². The smallest absolute Gasteiger partial charge is 0.0147 e. The second kappa shape index (κ2) is 8.15. The summed E-state index contributed by atoms with van der Waals surface area (Å²) in [7, 11) is 4.36. The quantitative estimate of drug-likeness (QED) is 0.511. The fraction of sp³-hybridized carbons (Fsp3) is 1.00. The SMILES string of the molecule is CCCCCCCCCC(C)(C)N(C)C. The van der Waals surface area contributed by atoms with Crippen molar-refractivity contribution >= 4 is 0 Å². The molecular weight excluding hydrogens is 182 g/mol. The standard InChI is InChI=1S/C14H31N/c1-6-7-8-9-10-11-12-13-14(2,3)15(4)5/h6-13H2,1-5H3. The highest BCUT2D eigenvalue weighted by atomic mass is 15.1. The van der Waals surface area contributed by atoms with Gasteiger partial charge in [0.15, 0.2) is 0 Å². The normalized spacial score (nSPS) is 12.4. The van der Waals surface area contributed by atoms with Crippen LogP contribution in [0.3, 0.4) is 0 Å². The van der Waals surface area contributed by atoms with Crippen LogP contribution in [0, 0.1) is 0 Å². The first-order valence-electron chi connectivity index (χ1n) is 6.68. The summed E-state index contributed by atoms with van der Waals surface area (Å²) < 4.78 is 0. The van der Waals surface area contributed by atoms with Crippen molar-refractivity contribution in [3.8, 4) is 0 Å². The minimum Gasteiger partial charge on any atom is -0.304 e. The lowest BCUT2D eigenvalue weighted by atomic mass is 9.95. The highest BCUT2D eigenvalue weighted by Crippen LogP contribution is 2.19. The number of unbranched alkanes of at least 4 members (excludes halogenated alkanes) is 6. The predicted molar refractivity (Wildman–Crippen MR) is 70.4 cm³/mol. The summed E-state index contributed by atoms with van der Waals surface area (Å²) in [6, 6.07) is 0. The number of rotatable bonds is 9. The number of nitrogens with zero attached hydrogens (tertiary/aromatic N) is 1. The molecule has 0 unspecified atom stereocenters. The Labute approximate surface area is 97.2 Å². The van der Waals surface area contributed by atoms with Crippen molar-refractivity contribution in [3.05, 3.63) is 0 Å². The van der Waals surface area contributed by atoms with Crippen molar-refractivity contribution in [1.29, 1.82) is 0 Å². The van der Waals surface area contributed by atoms with E-state index in [4.69, 9.17) is 0 Å². The lowest BCUT2D eigenvalue weighted by Crippen LogP contribution is -2.37. The highest BCUT2D eigenvalue weighted by Gasteiger charge is 2.18. The second-order valence-electron chi connectivity index (χ2n) is 5.58. The van der Waals surface area contributed by atoms with Crippen LogP contribution in [0.15, 0.2) is 0 Å². The van der Waals surface area contributed by atoms with E-state index >= 15 is 0 Å². The van der Waals surface area contributed by atoms with Crippen molar-refractivity contribution in [3.63, 3.8) is 0 Å². The average Bonchev–Trinajstić information content (AvgIpc) is 2.16. The summed E-state index contributed by atoms with van der Waals surface area (Å²) in [5, 5.41) is 0. The fourth-order valence-corrected chi connectivity index (χ4v) is 1.74. The molecule has 0 saturated heterocycles. The Morgan fingerprint density at radius 3 is 1.73 bits per heavy atom. The molecule has 0 aliphatic carbocycles. The molecule has 0 aliphatic rings. The molecule has 0 amide bonds. The van der Waals surface area contributed by atoms with E-state index in [1.807, 2.05) is 0 Å². The molecule has 0 N–H and O–H groups in total. The maximum atomic E-state index is 2.34. The highest BCUT2D eigenvalue weighted by molar-refractivity contribution is 4.76. The first-order chi connectivity index (χ1) is 7.00. The number of hydrogen-bond acceptors (Lipinski definition) is 1. The van der Waals surface area contributed by atoms with E-state index in [1.165, 1.54) is 51.4 Å². The first-order valence-corrected chi connectivity index (χ1v) is 6.68. The van der Waals surface area contributed by atoms with Gasteiger partial charge in [0.1, 0.15) is 0 Å². The molecular formula is C14H31N. The first kappa shape index (κ1) is 15.0. The summed E-state index contributed by atoms with van der Waals surface area (Å²) in [4.78, 5) is 2.34. The molecule has 0 bridgehead atoms. The Morgan fingerprint density at radius 2 is 1.27 bits per heavy atom. The number of hydrogen-bond donors (Lipinski definition) is 0. The molecule has 0 spiro atoms. The van der Waals surface area contributed by atoms with Crippen LogP contribution in [0.2, 0.25) is 0 Å². The molecule has 0 heterocycles. The third kappa shape index (κ3) is 7.84. The Balaban J connectivity index is 3.31. The largest absolute Gasteiger partial charge is 0.304 e. The Hall–Kier alpha value is -0.0400. The molecule has 0 aliphatic heterocycles. The minimum atomic E-state index is 0.378. The fourth-order valence-electron chi connectivity index (χ4n) is 1.74. The van der Waals surface area contributed by atoms with Crippen LogP contribution in [0.25, 0.3) is 0 Å². The van der Waals surface area contributed by atoms with Crippen molar-refractivity contribution in [2.75, 3.05) is 14.1 Å². The zero-order valence-electron chi connectivity index (χ0n) is 11.6. The second-order valence-corrected chi connectivity index (χ2v) is 5.58. The van der Waals surface area contributed by atoms with Gasteiger partial charge in [-0.25, -0.2) is 0 Å². The lowest BCUT2D eigenvalue weighted by molar-refractivity contribution is 0.177. The van der Waals surface area contributed by atoms with Gasteiger partial charge in [-0.2, -0.15) is 0 Å². The van der Waals surface area contributed by atoms with Crippen molar-refractivity contribution < 1.29 is 0 Å². The molecule has 0 atom stereocenters. The van der Waals surface area contributed by atoms with Crippen LogP contribution >= 0.6 is 0 Å². The summed E-state index contributed by atoms with van der Waals surface area (Å²) in [5.74, 6) is 0. The van der Waals surface area contributed by atoms with E-state index in [1.54, 1.807) is 0 Å². The van der Waals surface area contributed by atoms with Gasteiger partial charge in [-0.15, -0.1) is 0 Å².